The quantitative estimate of drug-likeness (QED) is 0.679. The topological polar surface area (TPSA) is 108 Å². The van der Waals surface area contributed by atoms with Crippen molar-refractivity contribution < 1.29 is 19.5 Å². The summed E-state index contributed by atoms with van der Waals surface area (Å²) >= 11 is 0. The smallest absolute Gasteiger partial charge is 0.251 e. The summed E-state index contributed by atoms with van der Waals surface area (Å²) < 4.78 is 4.77. The summed E-state index contributed by atoms with van der Waals surface area (Å²) in [6.07, 6.45) is 1.71. The highest BCUT2D eigenvalue weighted by molar-refractivity contribution is 5.94. The molecule has 1 heterocycles. The van der Waals surface area contributed by atoms with Gasteiger partial charge in [0.05, 0.1) is 0 Å². The summed E-state index contributed by atoms with van der Waals surface area (Å²) in [6.45, 7) is 0.336. The van der Waals surface area contributed by atoms with Crippen molar-refractivity contribution in [3.05, 3.63) is 36.0 Å². The summed E-state index contributed by atoms with van der Waals surface area (Å²) in [5.74, 6) is -0.523. The molecule has 2 rings (SSSR count). The van der Waals surface area contributed by atoms with E-state index in [1.807, 2.05) is 0 Å². The molecular weight excluding hydrogens is 238 g/mol. The van der Waals surface area contributed by atoms with Gasteiger partial charge in [0.15, 0.2) is 17.8 Å². The van der Waals surface area contributed by atoms with Crippen molar-refractivity contribution in [1.82, 2.24) is 15.5 Å². The highest BCUT2D eigenvalue weighted by Gasteiger charge is 2.08. The first-order chi connectivity index (χ1) is 8.66. The average Bonchev–Trinajstić information content (AvgIpc) is 2.85. The van der Waals surface area contributed by atoms with Gasteiger partial charge in [-0.3, -0.25) is 4.79 Å². The summed E-state index contributed by atoms with van der Waals surface area (Å²) in [6, 6.07) is 3.86. The molecule has 1 amide bonds. The number of aromatic hydroxyl groups is 2. The molecule has 0 saturated heterocycles. The summed E-state index contributed by atoms with van der Waals surface area (Å²) in [4.78, 5) is 15.5. The zero-order chi connectivity index (χ0) is 13.0. The lowest BCUT2D eigenvalue weighted by molar-refractivity contribution is 0.0953. The van der Waals surface area contributed by atoms with Gasteiger partial charge in [0, 0.05) is 18.5 Å². The standard InChI is InChI=1S/C11H11N3O4/c15-8-2-1-7(5-9(8)16)11(17)12-4-3-10-13-6-14-18-10/h1-2,5-6,15-16H,3-4H2,(H,12,17). The van der Waals surface area contributed by atoms with E-state index in [1.165, 1.54) is 24.5 Å². The van der Waals surface area contributed by atoms with Gasteiger partial charge in [0.25, 0.3) is 5.91 Å². The lowest BCUT2D eigenvalue weighted by Gasteiger charge is -2.04. The van der Waals surface area contributed by atoms with Crippen molar-refractivity contribution in [2.45, 2.75) is 6.42 Å². The van der Waals surface area contributed by atoms with E-state index in [0.29, 0.717) is 18.9 Å². The number of rotatable bonds is 4. The lowest BCUT2D eigenvalue weighted by Crippen LogP contribution is -2.25. The Labute approximate surface area is 102 Å². The maximum atomic E-state index is 11.7. The number of phenols is 2. The Morgan fingerprint density at radius 3 is 2.83 bits per heavy atom. The molecule has 0 radical (unpaired) electrons. The molecule has 1 aromatic carbocycles. The molecule has 0 aliphatic rings. The SMILES string of the molecule is O=C(NCCc1ncno1)c1ccc(O)c(O)c1. The third-order valence-electron chi connectivity index (χ3n) is 2.27. The van der Waals surface area contributed by atoms with E-state index in [4.69, 9.17) is 9.63 Å². The molecule has 0 aliphatic heterocycles. The van der Waals surface area contributed by atoms with Gasteiger partial charge in [-0.2, -0.15) is 4.98 Å². The highest BCUT2D eigenvalue weighted by Crippen LogP contribution is 2.24. The number of aromatic nitrogens is 2. The molecule has 0 atom stereocenters. The van der Waals surface area contributed by atoms with Crippen molar-refractivity contribution >= 4 is 5.91 Å². The first-order valence-corrected chi connectivity index (χ1v) is 5.22. The molecule has 94 valence electrons. The first kappa shape index (κ1) is 11.9. The minimum atomic E-state index is -0.357. The predicted molar refractivity (Wildman–Crippen MR) is 60.1 cm³/mol. The van der Waals surface area contributed by atoms with Crippen LogP contribution >= 0.6 is 0 Å². The zero-order valence-electron chi connectivity index (χ0n) is 9.33. The molecule has 3 N–H and O–H groups in total. The van der Waals surface area contributed by atoms with E-state index in [9.17, 15) is 9.90 Å². The van der Waals surface area contributed by atoms with Crippen molar-refractivity contribution in [2.24, 2.45) is 0 Å². The number of carbonyl (C=O) groups is 1. The molecular formula is C11H11N3O4. The third-order valence-corrected chi connectivity index (χ3v) is 2.27. The van der Waals surface area contributed by atoms with Gasteiger partial charge in [0.1, 0.15) is 0 Å². The van der Waals surface area contributed by atoms with Gasteiger partial charge in [0.2, 0.25) is 5.89 Å². The molecule has 0 bridgehead atoms. The van der Waals surface area contributed by atoms with E-state index in [1.54, 1.807) is 0 Å². The van der Waals surface area contributed by atoms with Crippen LogP contribution in [-0.2, 0) is 6.42 Å². The number of benzene rings is 1. The number of carbonyl (C=O) groups excluding carboxylic acids is 1. The van der Waals surface area contributed by atoms with Crippen molar-refractivity contribution in [1.29, 1.82) is 0 Å². The maximum absolute atomic E-state index is 11.7. The number of hydrogen-bond donors (Lipinski definition) is 3. The van der Waals surface area contributed by atoms with Crippen LogP contribution in [0.15, 0.2) is 29.0 Å². The van der Waals surface area contributed by atoms with E-state index in [0.717, 1.165) is 0 Å². The van der Waals surface area contributed by atoms with Crippen LogP contribution in [0.4, 0.5) is 0 Å². The average molecular weight is 249 g/mol. The summed E-state index contributed by atoms with van der Waals surface area (Å²) in [7, 11) is 0. The van der Waals surface area contributed by atoms with Crippen molar-refractivity contribution in [2.75, 3.05) is 6.54 Å². The van der Waals surface area contributed by atoms with Gasteiger partial charge < -0.3 is 20.1 Å². The van der Waals surface area contributed by atoms with Crippen LogP contribution in [0, 0.1) is 0 Å². The third kappa shape index (κ3) is 2.76. The van der Waals surface area contributed by atoms with Gasteiger partial charge in [-0.15, -0.1) is 0 Å². The fraction of sp³-hybridized carbons (Fsp3) is 0.182. The fourth-order valence-corrected chi connectivity index (χ4v) is 1.36. The van der Waals surface area contributed by atoms with Crippen LogP contribution in [0.3, 0.4) is 0 Å². The molecule has 7 heteroatoms. The largest absolute Gasteiger partial charge is 0.504 e. The Morgan fingerprint density at radius 2 is 2.17 bits per heavy atom. The maximum Gasteiger partial charge on any atom is 0.251 e. The molecule has 1 aromatic heterocycles. The number of nitrogens with zero attached hydrogens (tertiary/aromatic N) is 2. The second kappa shape index (κ2) is 5.17. The molecule has 7 nitrogen and oxygen atoms in total. The molecule has 18 heavy (non-hydrogen) atoms. The van der Waals surface area contributed by atoms with Gasteiger partial charge in [-0.1, -0.05) is 5.16 Å². The normalized spacial score (nSPS) is 10.2. The first-order valence-electron chi connectivity index (χ1n) is 5.22. The Hall–Kier alpha value is -2.57. The molecule has 0 fully saturated rings. The van der Waals surface area contributed by atoms with Gasteiger partial charge >= 0.3 is 0 Å². The molecule has 0 spiro atoms. The highest BCUT2D eigenvalue weighted by atomic mass is 16.5. The predicted octanol–water partition coefficient (Wildman–Crippen LogP) is 0.453. The number of nitrogens with one attached hydrogen (secondary N) is 1. The van der Waals surface area contributed by atoms with E-state index in [2.05, 4.69) is 15.5 Å². The monoisotopic (exact) mass is 249 g/mol. The van der Waals surface area contributed by atoms with Crippen LogP contribution in [0.25, 0.3) is 0 Å². The lowest BCUT2D eigenvalue weighted by atomic mass is 10.2. The van der Waals surface area contributed by atoms with E-state index < -0.39 is 0 Å². The van der Waals surface area contributed by atoms with Gasteiger partial charge in [-0.25, -0.2) is 0 Å². The second-order valence-corrected chi connectivity index (χ2v) is 3.54. The van der Waals surface area contributed by atoms with E-state index in [-0.39, 0.29) is 23.0 Å². The number of hydrogen-bond acceptors (Lipinski definition) is 6. The van der Waals surface area contributed by atoms with E-state index >= 15 is 0 Å². The van der Waals surface area contributed by atoms with Crippen LogP contribution in [0.1, 0.15) is 16.2 Å². The number of phenolic OH excluding ortho intramolecular Hbond substituents is 2. The molecule has 0 aliphatic carbocycles. The molecule has 0 unspecified atom stereocenters. The van der Waals surface area contributed by atoms with Crippen molar-refractivity contribution in [3.8, 4) is 11.5 Å². The van der Waals surface area contributed by atoms with Crippen molar-refractivity contribution in [3.63, 3.8) is 0 Å². The van der Waals surface area contributed by atoms with Crippen LogP contribution in [0.5, 0.6) is 11.5 Å². The Kier molecular flexibility index (Phi) is 3.42. The second-order valence-electron chi connectivity index (χ2n) is 3.54. The van der Waals surface area contributed by atoms with Crippen LogP contribution < -0.4 is 5.32 Å². The van der Waals surface area contributed by atoms with Crippen LogP contribution in [-0.4, -0.2) is 32.8 Å². The van der Waals surface area contributed by atoms with Gasteiger partial charge in [-0.05, 0) is 18.2 Å². The fourth-order valence-electron chi connectivity index (χ4n) is 1.36. The minimum absolute atomic E-state index is 0.260. The Bertz CT molecular complexity index is 539. The Morgan fingerprint density at radius 1 is 1.33 bits per heavy atom. The molecule has 2 aromatic rings. The zero-order valence-corrected chi connectivity index (χ0v) is 9.33. The van der Waals surface area contributed by atoms with Crippen LogP contribution in [0.2, 0.25) is 0 Å². The summed E-state index contributed by atoms with van der Waals surface area (Å²) in [5, 5.41) is 24.4. The molecule has 0 saturated carbocycles. The minimum Gasteiger partial charge on any atom is -0.504 e. The number of amides is 1. The Balaban J connectivity index is 1.89. The summed E-state index contributed by atoms with van der Waals surface area (Å²) in [5.41, 5.74) is 0.260.